The number of hydrogen-bond donors (Lipinski definition) is 1. The van der Waals surface area contributed by atoms with Crippen molar-refractivity contribution in [3.05, 3.63) is 71.3 Å². The third-order valence-corrected chi connectivity index (χ3v) is 9.29. The SMILES string of the molecule is COC(OC)C(C(OC)OC)[C@H]1C[C@H]2[C@@H](CF)SC(CC(=O)c3ccccc3)N[C@@]2(c2ccc(F)cc2F)CO1. The smallest absolute Gasteiger partial charge is 0.166 e. The maximum absolute atomic E-state index is 15.4. The Hall–Kier alpha value is -1.99. The molecule has 4 rings (SSSR count). The van der Waals surface area contributed by atoms with Crippen LogP contribution in [-0.4, -0.2) is 76.8 Å². The van der Waals surface area contributed by atoms with Gasteiger partial charge in [-0.3, -0.25) is 10.1 Å². The lowest BCUT2D eigenvalue weighted by atomic mass is 9.70. The highest BCUT2D eigenvalue weighted by Gasteiger charge is 2.57. The first-order valence-corrected chi connectivity index (χ1v) is 14.0. The molecule has 2 aliphatic rings. The summed E-state index contributed by atoms with van der Waals surface area (Å²) in [5.74, 6) is -2.69. The molecule has 220 valence electrons. The van der Waals surface area contributed by atoms with E-state index in [1.54, 1.807) is 24.3 Å². The van der Waals surface area contributed by atoms with Crippen LogP contribution in [0, 0.1) is 23.5 Å². The van der Waals surface area contributed by atoms with Crippen molar-refractivity contribution < 1.29 is 41.7 Å². The summed E-state index contributed by atoms with van der Waals surface area (Å²) in [5, 5.41) is 2.29. The van der Waals surface area contributed by atoms with Crippen molar-refractivity contribution in [1.29, 1.82) is 0 Å². The molecule has 0 amide bonds. The Bertz CT molecular complexity index is 1110. The van der Waals surface area contributed by atoms with Gasteiger partial charge in [-0.15, -0.1) is 11.8 Å². The monoisotopic (exact) mass is 583 g/mol. The van der Waals surface area contributed by atoms with E-state index in [1.807, 2.05) is 6.07 Å². The lowest BCUT2D eigenvalue weighted by Gasteiger charge is -2.56. The van der Waals surface area contributed by atoms with Gasteiger partial charge in [0.1, 0.15) is 18.3 Å². The summed E-state index contributed by atoms with van der Waals surface area (Å²) in [5.41, 5.74) is -0.535. The summed E-state index contributed by atoms with van der Waals surface area (Å²) in [6, 6.07) is 12.2. The van der Waals surface area contributed by atoms with Gasteiger partial charge < -0.3 is 23.7 Å². The van der Waals surface area contributed by atoms with E-state index in [-0.39, 0.29) is 30.8 Å². The quantitative estimate of drug-likeness (QED) is 0.285. The number of methoxy groups -OCH3 is 4. The number of halogens is 3. The molecule has 2 fully saturated rings. The molecule has 1 unspecified atom stereocenters. The van der Waals surface area contributed by atoms with Crippen molar-refractivity contribution in [3.63, 3.8) is 0 Å². The topological polar surface area (TPSA) is 75.2 Å². The molecule has 5 atom stereocenters. The fourth-order valence-corrected chi connectivity index (χ4v) is 7.59. The molecular formula is C29H36F3NO6S. The van der Waals surface area contributed by atoms with Crippen LogP contribution >= 0.6 is 11.8 Å². The van der Waals surface area contributed by atoms with E-state index in [1.165, 1.54) is 52.3 Å². The minimum absolute atomic E-state index is 0.0549. The van der Waals surface area contributed by atoms with Crippen molar-refractivity contribution in [2.24, 2.45) is 11.8 Å². The highest BCUT2D eigenvalue weighted by molar-refractivity contribution is 8.00. The highest BCUT2D eigenvalue weighted by atomic mass is 32.2. The van der Waals surface area contributed by atoms with Gasteiger partial charge in [0.05, 0.1) is 29.5 Å². The molecule has 0 aromatic heterocycles. The summed E-state index contributed by atoms with van der Waals surface area (Å²) >= 11 is 1.31. The van der Waals surface area contributed by atoms with Crippen molar-refractivity contribution in [2.45, 2.75) is 47.7 Å². The molecule has 2 heterocycles. The fraction of sp³-hybridized carbons (Fsp3) is 0.552. The van der Waals surface area contributed by atoms with Gasteiger partial charge in [-0.2, -0.15) is 0 Å². The predicted octanol–water partition coefficient (Wildman–Crippen LogP) is 4.69. The molecule has 0 radical (unpaired) electrons. The normalized spacial score (nSPS) is 26.9. The van der Waals surface area contributed by atoms with E-state index >= 15 is 4.39 Å². The average Bonchev–Trinajstić information content (AvgIpc) is 2.97. The van der Waals surface area contributed by atoms with Crippen molar-refractivity contribution >= 4 is 17.5 Å². The summed E-state index contributed by atoms with van der Waals surface area (Å²) in [6.07, 6.45) is -1.79. The summed E-state index contributed by atoms with van der Waals surface area (Å²) < 4.78 is 72.8. The Morgan fingerprint density at radius 3 is 2.27 bits per heavy atom. The van der Waals surface area contributed by atoms with E-state index in [2.05, 4.69) is 5.32 Å². The molecule has 40 heavy (non-hydrogen) atoms. The fourth-order valence-electron chi connectivity index (χ4n) is 6.04. The van der Waals surface area contributed by atoms with Gasteiger partial charge in [-0.25, -0.2) is 13.2 Å². The van der Waals surface area contributed by atoms with Crippen molar-refractivity contribution in [3.8, 4) is 0 Å². The van der Waals surface area contributed by atoms with Gasteiger partial charge in [0.15, 0.2) is 18.4 Å². The maximum atomic E-state index is 15.4. The van der Waals surface area contributed by atoms with Crippen LogP contribution in [0.1, 0.15) is 28.8 Å². The van der Waals surface area contributed by atoms with E-state index in [9.17, 15) is 13.6 Å². The van der Waals surface area contributed by atoms with Crippen LogP contribution < -0.4 is 5.32 Å². The number of carbonyl (C=O) groups excluding carboxylic acids is 1. The number of Topliss-reactive ketones (excluding diaryl/α,β-unsaturated/α-hetero) is 1. The zero-order valence-corrected chi connectivity index (χ0v) is 23.8. The van der Waals surface area contributed by atoms with Crippen LogP contribution in [-0.2, 0) is 29.2 Å². The molecule has 2 aromatic rings. The number of alkyl halides is 1. The number of ketones is 1. The van der Waals surface area contributed by atoms with Crippen molar-refractivity contribution in [2.75, 3.05) is 41.7 Å². The number of fused-ring (bicyclic) bond motifs is 1. The number of rotatable bonds is 12. The molecule has 7 nitrogen and oxygen atoms in total. The number of thioether (sulfide) groups is 1. The third kappa shape index (κ3) is 6.25. The first-order valence-electron chi connectivity index (χ1n) is 13.1. The summed E-state index contributed by atoms with van der Waals surface area (Å²) in [6.45, 7) is -0.792. The third-order valence-electron chi connectivity index (χ3n) is 7.87. The average molecular weight is 584 g/mol. The van der Waals surface area contributed by atoms with Crippen LogP contribution in [0.3, 0.4) is 0 Å². The second-order valence-electron chi connectivity index (χ2n) is 10.00. The largest absolute Gasteiger partial charge is 0.375 e. The second-order valence-corrected chi connectivity index (χ2v) is 11.4. The van der Waals surface area contributed by atoms with Gasteiger partial charge in [-0.1, -0.05) is 36.4 Å². The van der Waals surface area contributed by atoms with Crippen LogP contribution in [0.2, 0.25) is 0 Å². The van der Waals surface area contributed by atoms with E-state index in [0.29, 0.717) is 5.56 Å². The Balaban J connectivity index is 1.72. The Labute approximate surface area is 237 Å². The number of carbonyl (C=O) groups is 1. The van der Waals surface area contributed by atoms with Crippen LogP contribution in [0.4, 0.5) is 13.2 Å². The number of benzene rings is 2. The Morgan fingerprint density at radius 1 is 1.05 bits per heavy atom. The molecule has 0 saturated carbocycles. The second kappa shape index (κ2) is 13.8. The van der Waals surface area contributed by atoms with Crippen molar-refractivity contribution in [1.82, 2.24) is 5.32 Å². The van der Waals surface area contributed by atoms with E-state index < -0.39 is 65.0 Å². The van der Waals surface area contributed by atoms with Crippen LogP contribution in [0.15, 0.2) is 48.5 Å². The van der Waals surface area contributed by atoms with Gasteiger partial charge in [0.2, 0.25) is 0 Å². The maximum Gasteiger partial charge on any atom is 0.166 e. The molecular weight excluding hydrogens is 547 g/mol. The lowest BCUT2D eigenvalue weighted by molar-refractivity contribution is -0.262. The highest BCUT2D eigenvalue weighted by Crippen LogP contribution is 2.51. The Kier molecular flexibility index (Phi) is 10.7. The molecule has 2 aromatic carbocycles. The zero-order chi connectivity index (χ0) is 28.9. The molecule has 0 bridgehead atoms. The molecule has 2 saturated heterocycles. The molecule has 1 N–H and O–H groups in total. The number of ether oxygens (including phenoxy) is 5. The number of nitrogens with one attached hydrogen (secondary N) is 1. The molecule has 0 aliphatic carbocycles. The van der Waals surface area contributed by atoms with Crippen LogP contribution in [0.5, 0.6) is 0 Å². The van der Waals surface area contributed by atoms with E-state index in [4.69, 9.17) is 23.7 Å². The lowest BCUT2D eigenvalue weighted by Crippen LogP contribution is -2.66. The zero-order valence-electron chi connectivity index (χ0n) is 23.0. The van der Waals surface area contributed by atoms with Gasteiger partial charge in [-0.05, 0) is 12.5 Å². The standard InChI is InChI=1S/C29H36F3NO6S/c1-35-27(36-2)26(28(37-3)38-4)23-13-20-24(15-30)40-25(14-22(34)17-8-6-5-7-9-17)33-29(20,16-39-23)19-11-10-18(31)12-21(19)32/h5-12,20,23-28,33H,13-16H2,1-4H3/t20-,23+,24+,25?,29+/m0/s1. The summed E-state index contributed by atoms with van der Waals surface area (Å²) in [7, 11) is 5.95. The first-order chi connectivity index (χ1) is 19.3. The molecule has 0 spiro atoms. The minimum atomic E-state index is -1.23. The molecule has 11 heteroatoms. The molecule has 2 aliphatic heterocycles. The minimum Gasteiger partial charge on any atom is -0.375 e. The first kappa shape index (κ1) is 31.0. The van der Waals surface area contributed by atoms with Gasteiger partial charge in [0, 0.05) is 63.2 Å². The van der Waals surface area contributed by atoms with Crippen LogP contribution in [0.25, 0.3) is 0 Å². The van der Waals surface area contributed by atoms with Gasteiger partial charge >= 0.3 is 0 Å². The number of hydrogen-bond acceptors (Lipinski definition) is 8. The van der Waals surface area contributed by atoms with Gasteiger partial charge in [0.25, 0.3) is 0 Å². The predicted molar refractivity (Wildman–Crippen MR) is 145 cm³/mol. The van der Waals surface area contributed by atoms with E-state index in [0.717, 1.165) is 6.07 Å². The summed E-state index contributed by atoms with van der Waals surface area (Å²) in [4.78, 5) is 13.1. The Morgan fingerprint density at radius 2 is 1.70 bits per heavy atom.